The fourth-order valence-electron chi connectivity index (χ4n) is 1.98. The number of nitrogens with one attached hydrogen (secondary N) is 1. The molecule has 0 aliphatic rings. The number of aryl methyl sites for hydroxylation is 1. The molecule has 0 radical (unpaired) electrons. The molecule has 0 aliphatic heterocycles. The van der Waals surface area contributed by atoms with Crippen molar-refractivity contribution < 1.29 is 4.74 Å². The Bertz CT molecular complexity index is 601. The smallest absolute Gasteiger partial charge is 0.148 e. The number of thiazole rings is 1. The lowest BCUT2D eigenvalue weighted by Gasteiger charge is -2.10. The zero-order chi connectivity index (χ0) is 14.9. The predicted molar refractivity (Wildman–Crippen MR) is 87.7 cm³/mol. The first kappa shape index (κ1) is 15.6. The first-order chi connectivity index (χ1) is 10.3. The number of ether oxygens (including phenoxy) is 1. The Hall–Kier alpha value is -1.83. The van der Waals surface area contributed by atoms with Crippen molar-refractivity contribution in [2.45, 2.75) is 26.3 Å². The minimum atomic E-state index is 0.301. The fraction of sp³-hybridized carbons (Fsp3) is 0.353. The van der Waals surface area contributed by atoms with E-state index in [1.165, 1.54) is 10.7 Å². The number of hydrogen-bond acceptors (Lipinski definition) is 4. The maximum absolute atomic E-state index is 5.53. The molecule has 0 unspecified atom stereocenters. The Balaban J connectivity index is 1.79. The number of aromatic nitrogens is 1. The van der Waals surface area contributed by atoms with Crippen LogP contribution < -0.4 is 10.1 Å². The average Bonchev–Trinajstić information content (AvgIpc) is 2.98. The second-order valence-electron chi connectivity index (χ2n) is 4.61. The van der Waals surface area contributed by atoms with Crippen molar-refractivity contribution in [3.05, 3.63) is 45.9 Å². The van der Waals surface area contributed by atoms with Gasteiger partial charge in [-0.05, 0) is 12.5 Å². The van der Waals surface area contributed by atoms with Crippen LogP contribution in [0.3, 0.4) is 0 Å². The molecule has 0 bridgehead atoms. The molecule has 3 nitrogen and oxygen atoms in total. The van der Waals surface area contributed by atoms with E-state index in [2.05, 4.69) is 34.6 Å². The monoisotopic (exact) mass is 300 g/mol. The summed E-state index contributed by atoms with van der Waals surface area (Å²) in [5.41, 5.74) is 2.29. The van der Waals surface area contributed by atoms with E-state index in [0.717, 1.165) is 37.2 Å². The molecule has 0 spiro atoms. The standard InChI is InChI=1S/C17H20N2OS/c1-3-11-20-16-8-6-5-7-14(16)12-18-10-9-15-13-21-17(4-2)19-15/h1,5-8,13,18H,4,9-12H2,2H3. The highest BCUT2D eigenvalue weighted by atomic mass is 32.1. The summed E-state index contributed by atoms with van der Waals surface area (Å²) in [5.74, 6) is 3.34. The zero-order valence-corrected chi connectivity index (χ0v) is 13.1. The summed E-state index contributed by atoms with van der Waals surface area (Å²) < 4.78 is 5.53. The van der Waals surface area contributed by atoms with Crippen LogP contribution in [-0.4, -0.2) is 18.1 Å². The van der Waals surface area contributed by atoms with E-state index in [9.17, 15) is 0 Å². The third kappa shape index (κ3) is 4.89. The Kier molecular flexibility index (Phi) is 6.26. The van der Waals surface area contributed by atoms with Crippen LogP contribution in [-0.2, 0) is 19.4 Å². The Morgan fingerprint density at radius 3 is 3.00 bits per heavy atom. The molecule has 0 amide bonds. The third-order valence-corrected chi connectivity index (χ3v) is 4.10. The van der Waals surface area contributed by atoms with E-state index in [1.807, 2.05) is 18.2 Å². The number of hydrogen-bond donors (Lipinski definition) is 1. The number of para-hydroxylation sites is 1. The van der Waals surface area contributed by atoms with Gasteiger partial charge in [0.05, 0.1) is 10.7 Å². The largest absolute Gasteiger partial charge is 0.481 e. The molecular weight excluding hydrogens is 280 g/mol. The fourth-order valence-corrected chi connectivity index (χ4v) is 2.76. The molecule has 0 atom stereocenters. The average molecular weight is 300 g/mol. The van der Waals surface area contributed by atoms with Gasteiger partial charge in [0.25, 0.3) is 0 Å². The number of terminal acetylenes is 1. The summed E-state index contributed by atoms with van der Waals surface area (Å²) in [7, 11) is 0. The van der Waals surface area contributed by atoms with Gasteiger partial charge in [0.2, 0.25) is 0 Å². The van der Waals surface area contributed by atoms with Crippen LogP contribution in [0.15, 0.2) is 29.6 Å². The summed E-state index contributed by atoms with van der Waals surface area (Å²) in [4.78, 5) is 4.56. The van der Waals surface area contributed by atoms with E-state index < -0.39 is 0 Å². The van der Waals surface area contributed by atoms with E-state index in [0.29, 0.717) is 6.61 Å². The molecule has 0 aliphatic carbocycles. The van der Waals surface area contributed by atoms with Crippen LogP contribution in [0.25, 0.3) is 0 Å². The molecular formula is C17H20N2OS. The van der Waals surface area contributed by atoms with Crippen LogP contribution in [0.5, 0.6) is 5.75 Å². The lowest BCUT2D eigenvalue weighted by atomic mass is 10.2. The van der Waals surface area contributed by atoms with Gasteiger partial charge in [0, 0.05) is 30.5 Å². The van der Waals surface area contributed by atoms with Crippen molar-refractivity contribution in [3.8, 4) is 18.1 Å². The molecule has 4 heteroatoms. The van der Waals surface area contributed by atoms with Crippen LogP contribution in [0.4, 0.5) is 0 Å². The quantitative estimate of drug-likeness (QED) is 0.601. The van der Waals surface area contributed by atoms with E-state index in [-0.39, 0.29) is 0 Å². The Morgan fingerprint density at radius 2 is 2.24 bits per heavy atom. The van der Waals surface area contributed by atoms with Crippen molar-refractivity contribution in [1.82, 2.24) is 10.3 Å². The predicted octanol–water partition coefficient (Wildman–Crippen LogP) is 3.05. The Morgan fingerprint density at radius 1 is 1.38 bits per heavy atom. The maximum Gasteiger partial charge on any atom is 0.148 e. The minimum absolute atomic E-state index is 0.301. The van der Waals surface area contributed by atoms with Crippen LogP contribution in [0.1, 0.15) is 23.2 Å². The third-order valence-electron chi connectivity index (χ3n) is 3.06. The van der Waals surface area contributed by atoms with Crippen LogP contribution >= 0.6 is 11.3 Å². The van der Waals surface area contributed by atoms with Crippen molar-refractivity contribution in [2.24, 2.45) is 0 Å². The molecule has 1 aromatic carbocycles. The second-order valence-corrected chi connectivity index (χ2v) is 5.56. The second kappa shape index (κ2) is 8.46. The SMILES string of the molecule is C#CCOc1ccccc1CNCCc1csc(CC)n1. The van der Waals surface area contributed by atoms with E-state index in [4.69, 9.17) is 11.2 Å². The molecule has 1 aromatic heterocycles. The first-order valence-electron chi connectivity index (χ1n) is 7.11. The van der Waals surface area contributed by atoms with Gasteiger partial charge in [-0.3, -0.25) is 0 Å². The number of nitrogens with zero attached hydrogens (tertiary/aromatic N) is 1. The normalized spacial score (nSPS) is 10.3. The molecule has 21 heavy (non-hydrogen) atoms. The first-order valence-corrected chi connectivity index (χ1v) is 7.99. The van der Waals surface area contributed by atoms with Gasteiger partial charge in [-0.15, -0.1) is 17.8 Å². The highest BCUT2D eigenvalue weighted by Gasteiger charge is 2.03. The van der Waals surface area contributed by atoms with Gasteiger partial charge < -0.3 is 10.1 Å². The van der Waals surface area contributed by atoms with Crippen LogP contribution in [0.2, 0.25) is 0 Å². The highest BCUT2D eigenvalue weighted by Crippen LogP contribution is 2.17. The summed E-state index contributed by atoms with van der Waals surface area (Å²) in [6, 6.07) is 7.96. The van der Waals surface area contributed by atoms with E-state index in [1.54, 1.807) is 11.3 Å². The molecule has 0 fully saturated rings. The zero-order valence-electron chi connectivity index (χ0n) is 12.3. The molecule has 1 heterocycles. The van der Waals surface area contributed by atoms with Gasteiger partial charge in [-0.1, -0.05) is 31.0 Å². The van der Waals surface area contributed by atoms with Gasteiger partial charge in [-0.2, -0.15) is 0 Å². The maximum atomic E-state index is 5.53. The van der Waals surface area contributed by atoms with Gasteiger partial charge in [-0.25, -0.2) is 4.98 Å². The van der Waals surface area contributed by atoms with Crippen molar-refractivity contribution in [1.29, 1.82) is 0 Å². The van der Waals surface area contributed by atoms with Gasteiger partial charge >= 0.3 is 0 Å². The lowest BCUT2D eigenvalue weighted by Crippen LogP contribution is -2.17. The summed E-state index contributed by atoms with van der Waals surface area (Å²) in [6.07, 6.45) is 7.19. The highest BCUT2D eigenvalue weighted by molar-refractivity contribution is 7.09. The Labute approximate surface area is 130 Å². The topological polar surface area (TPSA) is 34.1 Å². The minimum Gasteiger partial charge on any atom is -0.481 e. The van der Waals surface area contributed by atoms with Gasteiger partial charge in [0.1, 0.15) is 12.4 Å². The number of benzene rings is 1. The van der Waals surface area contributed by atoms with Crippen molar-refractivity contribution >= 4 is 11.3 Å². The van der Waals surface area contributed by atoms with Crippen LogP contribution in [0, 0.1) is 12.3 Å². The molecule has 1 N–H and O–H groups in total. The molecule has 0 saturated heterocycles. The van der Waals surface area contributed by atoms with Gasteiger partial charge in [0.15, 0.2) is 0 Å². The van der Waals surface area contributed by atoms with E-state index >= 15 is 0 Å². The molecule has 0 saturated carbocycles. The summed E-state index contributed by atoms with van der Waals surface area (Å²) in [6.45, 7) is 4.10. The van der Waals surface area contributed by atoms with Crippen molar-refractivity contribution in [2.75, 3.05) is 13.2 Å². The van der Waals surface area contributed by atoms with Crippen molar-refractivity contribution in [3.63, 3.8) is 0 Å². The summed E-state index contributed by atoms with van der Waals surface area (Å²) >= 11 is 1.74. The molecule has 110 valence electrons. The number of rotatable bonds is 8. The lowest BCUT2D eigenvalue weighted by molar-refractivity contribution is 0.365. The molecule has 2 rings (SSSR count). The molecule has 2 aromatic rings. The summed E-state index contributed by atoms with van der Waals surface area (Å²) in [5, 5.41) is 6.78.